The van der Waals surface area contributed by atoms with Crippen LogP contribution in [0.25, 0.3) is 21.9 Å². The van der Waals surface area contributed by atoms with E-state index in [0.717, 1.165) is 0 Å². The topological polar surface area (TPSA) is 88.6 Å². The summed E-state index contributed by atoms with van der Waals surface area (Å²) >= 11 is 6.44. The molecule has 0 radical (unpaired) electrons. The summed E-state index contributed by atoms with van der Waals surface area (Å²) in [6.07, 6.45) is 5.02. The molecule has 7 nitrogen and oxygen atoms in total. The number of benzene rings is 1. The highest BCUT2D eigenvalue weighted by Gasteiger charge is 2.20. The summed E-state index contributed by atoms with van der Waals surface area (Å²) in [6.45, 7) is 5.48. The molecule has 0 aliphatic rings. The molecule has 0 saturated carbocycles. The summed E-state index contributed by atoms with van der Waals surface area (Å²) in [4.78, 5) is 19.9. The largest absolute Gasteiger partial charge is 0.421 e. The van der Waals surface area contributed by atoms with E-state index in [-0.39, 0.29) is 17.0 Å². The molecule has 3 heterocycles. The van der Waals surface area contributed by atoms with Crippen LogP contribution < -0.4 is 10.1 Å². The number of nitrogens with one attached hydrogen (secondary N) is 2. The molecule has 0 atom stereocenters. The number of nitrogens with zero attached hydrogens (tertiary/aromatic N) is 4. The first kappa shape index (κ1) is 18.1. The monoisotopic (exact) mass is 398 g/mol. The Bertz CT molecular complexity index is 1210. The van der Waals surface area contributed by atoms with E-state index in [9.17, 15) is 4.39 Å². The second-order valence-electron chi connectivity index (χ2n) is 6.09. The van der Waals surface area contributed by atoms with Gasteiger partial charge in [-0.3, -0.25) is 0 Å². The molecule has 0 aliphatic heterocycles. The first-order chi connectivity index (χ1) is 13.5. The van der Waals surface area contributed by atoms with Crippen LogP contribution in [0.15, 0.2) is 31.1 Å². The average molecular weight is 399 g/mol. The first-order valence-corrected chi connectivity index (χ1v) is 8.85. The lowest BCUT2D eigenvalue weighted by Gasteiger charge is -2.08. The molecule has 2 N–H and O–H groups in total. The molecule has 0 unspecified atom stereocenters. The summed E-state index contributed by atoms with van der Waals surface area (Å²) in [6, 6.07) is 1.46. The Balaban J connectivity index is 1.93. The predicted octanol–water partition coefficient (Wildman–Crippen LogP) is 4.56. The molecule has 0 saturated heterocycles. The number of H-pyrrole nitrogens is 1. The number of hydrogen-bond donors (Lipinski definition) is 2. The van der Waals surface area contributed by atoms with Crippen molar-refractivity contribution < 1.29 is 9.13 Å². The number of rotatable bonds is 5. The van der Waals surface area contributed by atoms with Gasteiger partial charge in [0.15, 0.2) is 5.75 Å². The molecule has 0 amide bonds. The molecule has 9 heteroatoms. The minimum atomic E-state index is -0.356. The molecule has 3 aromatic heterocycles. The van der Waals surface area contributed by atoms with E-state index < -0.39 is 0 Å². The molecule has 4 rings (SSSR count). The van der Waals surface area contributed by atoms with Crippen LogP contribution >= 0.6 is 11.6 Å². The van der Waals surface area contributed by atoms with Crippen molar-refractivity contribution in [2.24, 2.45) is 0 Å². The average Bonchev–Trinajstić information content (AvgIpc) is 3.05. The Morgan fingerprint density at radius 3 is 2.71 bits per heavy atom. The molecule has 1 aromatic carbocycles. The van der Waals surface area contributed by atoms with Crippen LogP contribution in [0.1, 0.15) is 11.4 Å². The molecule has 0 fully saturated rings. The standard InChI is InChI=1S/C19H16ClFN6O/c1-4-5-11-12(21)6-13(22-3)16-14(11)15-17(20)26-19(27-18(15)25-16)28-10-7-23-9(2)24-8-10/h4,6-8,22H,1,5H2,2-3H3,(H,25,26,27). The maximum Gasteiger partial charge on any atom is 0.325 e. The zero-order valence-corrected chi connectivity index (χ0v) is 15.9. The number of fused-ring (bicyclic) bond motifs is 3. The molecule has 0 aliphatic carbocycles. The van der Waals surface area contributed by atoms with Gasteiger partial charge >= 0.3 is 6.01 Å². The fourth-order valence-electron chi connectivity index (χ4n) is 3.07. The fraction of sp³-hybridized carbons (Fsp3) is 0.158. The third kappa shape index (κ3) is 3.01. The fourth-order valence-corrected chi connectivity index (χ4v) is 3.32. The highest BCUT2D eigenvalue weighted by atomic mass is 35.5. The van der Waals surface area contributed by atoms with Crippen molar-refractivity contribution in [3.05, 3.63) is 53.5 Å². The molecule has 28 heavy (non-hydrogen) atoms. The Hall–Kier alpha value is -3.26. The van der Waals surface area contributed by atoms with Crippen molar-refractivity contribution in [3.8, 4) is 11.8 Å². The van der Waals surface area contributed by atoms with Gasteiger partial charge in [-0.05, 0) is 19.4 Å². The van der Waals surface area contributed by atoms with Crippen molar-refractivity contribution in [1.29, 1.82) is 0 Å². The molecule has 0 spiro atoms. The van der Waals surface area contributed by atoms with Gasteiger partial charge in [0.05, 0.1) is 29.0 Å². The lowest BCUT2D eigenvalue weighted by molar-refractivity contribution is 0.439. The zero-order chi connectivity index (χ0) is 19.8. The lowest BCUT2D eigenvalue weighted by Crippen LogP contribution is -1.96. The number of hydrogen-bond acceptors (Lipinski definition) is 6. The van der Waals surface area contributed by atoms with Gasteiger partial charge in [0.25, 0.3) is 0 Å². The molecular formula is C19H16ClFN6O. The lowest BCUT2D eigenvalue weighted by atomic mass is 10.0. The minimum Gasteiger partial charge on any atom is -0.421 e. The normalized spacial score (nSPS) is 11.1. The second-order valence-corrected chi connectivity index (χ2v) is 6.45. The Kier molecular flexibility index (Phi) is 4.56. The van der Waals surface area contributed by atoms with Gasteiger partial charge in [0.2, 0.25) is 0 Å². The number of aryl methyl sites for hydroxylation is 1. The van der Waals surface area contributed by atoms with Crippen molar-refractivity contribution >= 4 is 39.2 Å². The van der Waals surface area contributed by atoms with E-state index >= 15 is 0 Å². The Labute approximate surface area is 164 Å². The SMILES string of the molecule is C=CCc1c(F)cc(NC)c2[nH]c3nc(Oc4cnc(C)nc4)nc(Cl)c3c12. The van der Waals surface area contributed by atoms with Gasteiger partial charge in [-0.25, -0.2) is 14.4 Å². The maximum atomic E-state index is 14.7. The molecular weight excluding hydrogens is 383 g/mol. The molecule has 142 valence electrons. The van der Waals surface area contributed by atoms with Crippen LogP contribution in [-0.2, 0) is 6.42 Å². The van der Waals surface area contributed by atoms with Crippen LogP contribution in [-0.4, -0.2) is 32.0 Å². The third-order valence-corrected chi connectivity index (χ3v) is 4.58. The zero-order valence-electron chi connectivity index (χ0n) is 15.2. The highest BCUT2D eigenvalue weighted by molar-refractivity contribution is 6.37. The number of anilines is 1. The summed E-state index contributed by atoms with van der Waals surface area (Å²) < 4.78 is 20.3. The Morgan fingerprint density at radius 1 is 1.29 bits per heavy atom. The summed E-state index contributed by atoms with van der Waals surface area (Å²) in [5.41, 5.74) is 2.18. The van der Waals surface area contributed by atoms with Crippen molar-refractivity contribution in [1.82, 2.24) is 24.9 Å². The van der Waals surface area contributed by atoms with Crippen LogP contribution in [0, 0.1) is 12.7 Å². The van der Waals surface area contributed by atoms with Gasteiger partial charge in [0, 0.05) is 18.0 Å². The molecule has 4 aromatic rings. The van der Waals surface area contributed by atoms with E-state index in [0.29, 0.717) is 51.2 Å². The van der Waals surface area contributed by atoms with Gasteiger partial charge in [-0.15, -0.1) is 6.58 Å². The number of aromatic amines is 1. The van der Waals surface area contributed by atoms with Crippen molar-refractivity contribution in [3.63, 3.8) is 0 Å². The molecule has 0 bridgehead atoms. The van der Waals surface area contributed by atoms with E-state index in [2.05, 4.69) is 36.8 Å². The predicted molar refractivity (Wildman–Crippen MR) is 107 cm³/mol. The third-order valence-electron chi connectivity index (χ3n) is 4.30. The number of aromatic nitrogens is 5. The second kappa shape index (κ2) is 7.05. The van der Waals surface area contributed by atoms with Crippen LogP contribution in [0.5, 0.6) is 11.8 Å². The Morgan fingerprint density at radius 2 is 2.04 bits per heavy atom. The van der Waals surface area contributed by atoms with E-state index in [1.807, 2.05) is 0 Å². The van der Waals surface area contributed by atoms with Gasteiger partial charge in [-0.2, -0.15) is 9.97 Å². The highest BCUT2D eigenvalue weighted by Crippen LogP contribution is 2.38. The number of ether oxygens (including phenoxy) is 1. The van der Waals surface area contributed by atoms with Crippen molar-refractivity contribution in [2.45, 2.75) is 13.3 Å². The smallest absolute Gasteiger partial charge is 0.325 e. The van der Waals surface area contributed by atoms with E-state index in [4.69, 9.17) is 16.3 Å². The van der Waals surface area contributed by atoms with Gasteiger partial charge in [0.1, 0.15) is 22.4 Å². The number of allylic oxidation sites excluding steroid dienone is 1. The number of halogens is 2. The van der Waals surface area contributed by atoms with Gasteiger partial charge < -0.3 is 15.0 Å². The summed E-state index contributed by atoms with van der Waals surface area (Å²) in [7, 11) is 1.71. The minimum absolute atomic E-state index is 0.0354. The van der Waals surface area contributed by atoms with Crippen LogP contribution in [0.3, 0.4) is 0 Å². The van der Waals surface area contributed by atoms with Crippen molar-refractivity contribution in [2.75, 3.05) is 12.4 Å². The van der Waals surface area contributed by atoms with E-state index in [1.165, 1.54) is 18.5 Å². The summed E-state index contributed by atoms with van der Waals surface area (Å²) in [5.74, 6) is 0.644. The van der Waals surface area contributed by atoms with Crippen LogP contribution in [0.2, 0.25) is 5.15 Å². The van der Waals surface area contributed by atoms with Crippen LogP contribution in [0.4, 0.5) is 10.1 Å². The maximum absolute atomic E-state index is 14.7. The van der Waals surface area contributed by atoms with E-state index in [1.54, 1.807) is 20.0 Å². The van der Waals surface area contributed by atoms with Gasteiger partial charge in [-0.1, -0.05) is 17.7 Å². The first-order valence-electron chi connectivity index (χ1n) is 8.47. The quantitative estimate of drug-likeness (QED) is 0.378. The summed E-state index contributed by atoms with van der Waals surface area (Å²) in [5, 5.41) is 4.28.